The lowest BCUT2D eigenvalue weighted by molar-refractivity contribution is 0.0364. The van der Waals surface area contributed by atoms with E-state index in [4.69, 9.17) is 0 Å². The molecule has 0 heterocycles. The Balaban J connectivity index is 1.69. The summed E-state index contributed by atoms with van der Waals surface area (Å²) < 4.78 is 0. The lowest BCUT2D eigenvalue weighted by atomic mass is 9.56. The number of aryl methyl sites for hydroxylation is 2. The Morgan fingerprint density at radius 1 is 0.680 bits per heavy atom. The molecule has 2 aromatic rings. The van der Waals surface area contributed by atoms with Gasteiger partial charge in [0.2, 0.25) is 0 Å². The average molecular weight is 348 g/mol. The number of benzene rings is 2. The fraction of sp³-hybridized carbons (Fsp3) is 0.500. The molecule has 0 aliphatic heterocycles. The zero-order chi connectivity index (χ0) is 17.0. The second-order valence-electron chi connectivity index (χ2n) is 9.05. The fourth-order valence-corrected chi connectivity index (χ4v) is 10.5. The van der Waals surface area contributed by atoms with Crippen LogP contribution in [0.5, 0.6) is 0 Å². The van der Waals surface area contributed by atoms with Crippen molar-refractivity contribution < 1.29 is 0 Å². The third-order valence-corrected chi connectivity index (χ3v) is 10.7. The minimum atomic E-state index is -0.267. The van der Waals surface area contributed by atoms with Crippen LogP contribution in [0.15, 0.2) is 48.5 Å². The molecule has 1 heteroatoms. The summed E-state index contributed by atoms with van der Waals surface area (Å²) in [4.78, 5) is 0. The lowest BCUT2D eigenvalue weighted by Crippen LogP contribution is -2.52. The minimum Gasteiger partial charge on any atom is -0.0620 e. The van der Waals surface area contributed by atoms with Crippen molar-refractivity contribution in [2.75, 3.05) is 0 Å². The molecule has 25 heavy (non-hydrogen) atoms. The van der Waals surface area contributed by atoms with Crippen molar-refractivity contribution in [2.24, 2.45) is 17.8 Å². The zero-order valence-electron chi connectivity index (χ0n) is 15.5. The highest BCUT2D eigenvalue weighted by atomic mass is 31.1. The monoisotopic (exact) mass is 348 g/mol. The molecule has 130 valence electrons. The van der Waals surface area contributed by atoms with Crippen LogP contribution in [0.4, 0.5) is 0 Å². The summed E-state index contributed by atoms with van der Waals surface area (Å²) in [6, 6.07) is 18.5. The van der Waals surface area contributed by atoms with Crippen molar-refractivity contribution in [1.29, 1.82) is 0 Å². The van der Waals surface area contributed by atoms with E-state index in [2.05, 4.69) is 62.4 Å². The SMILES string of the molecule is Cc1ccccc1P(c1ccccc1C)C12CC3CC(CC(C3)C1)C2. The van der Waals surface area contributed by atoms with E-state index in [1.807, 2.05) is 0 Å². The average Bonchev–Trinajstić information content (AvgIpc) is 2.57. The second kappa shape index (κ2) is 5.95. The molecule has 2 aromatic carbocycles. The van der Waals surface area contributed by atoms with Crippen LogP contribution < -0.4 is 10.6 Å². The van der Waals surface area contributed by atoms with Gasteiger partial charge < -0.3 is 0 Å². The van der Waals surface area contributed by atoms with E-state index in [0.29, 0.717) is 5.16 Å². The molecule has 0 N–H and O–H groups in total. The van der Waals surface area contributed by atoms with Gasteiger partial charge in [-0.15, -0.1) is 0 Å². The van der Waals surface area contributed by atoms with Gasteiger partial charge in [0.15, 0.2) is 0 Å². The van der Waals surface area contributed by atoms with E-state index in [9.17, 15) is 0 Å². The summed E-state index contributed by atoms with van der Waals surface area (Å²) in [5.74, 6) is 3.05. The van der Waals surface area contributed by atoms with E-state index in [1.165, 1.54) is 49.7 Å². The van der Waals surface area contributed by atoms with Crippen LogP contribution in [0.3, 0.4) is 0 Å². The summed E-state index contributed by atoms with van der Waals surface area (Å²) in [5.41, 5.74) is 3.01. The highest BCUT2D eigenvalue weighted by Crippen LogP contribution is 2.68. The van der Waals surface area contributed by atoms with Crippen molar-refractivity contribution in [2.45, 2.75) is 57.5 Å². The van der Waals surface area contributed by atoms with Gasteiger partial charge in [-0.2, -0.15) is 0 Å². The molecular weight excluding hydrogens is 319 g/mol. The van der Waals surface area contributed by atoms with Crippen molar-refractivity contribution in [3.8, 4) is 0 Å². The van der Waals surface area contributed by atoms with Crippen LogP contribution in [0.1, 0.15) is 49.7 Å². The van der Waals surface area contributed by atoms with Gasteiger partial charge in [0.1, 0.15) is 0 Å². The molecular formula is C24H29P. The van der Waals surface area contributed by atoms with Crippen LogP contribution in [0.2, 0.25) is 0 Å². The van der Waals surface area contributed by atoms with Gasteiger partial charge in [-0.05, 0) is 105 Å². The molecule has 0 saturated heterocycles. The lowest BCUT2D eigenvalue weighted by Gasteiger charge is -2.60. The first kappa shape index (κ1) is 16.1. The van der Waals surface area contributed by atoms with Gasteiger partial charge in [0.05, 0.1) is 0 Å². The summed E-state index contributed by atoms with van der Waals surface area (Å²) in [5, 5.41) is 3.89. The molecule has 6 rings (SSSR count). The number of hydrogen-bond acceptors (Lipinski definition) is 0. The van der Waals surface area contributed by atoms with E-state index < -0.39 is 0 Å². The Kier molecular flexibility index (Phi) is 3.83. The number of hydrogen-bond donors (Lipinski definition) is 0. The van der Waals surface area contributed by atoms with Crippen LogP contribution >= 0.6 is 7.92 Å². The van der Waals surface area contributed by atoms with Crippen LogP contribution in [0, 0.1) is 31.6 Å². The third-order valence-electron chi connectivity index (χ3n) is 7.19. The molecule has 4 aliphatic rings. The standard InChI is InChI=1S/C24H29P/c1-17-7-3-5-9-22(17)25(23-10-6-4-8-18(23)2)24-14-19-11-20(15-24)13-21(12-19)16-24/h3-10,19-21H,11-16H2,1-2H3. The highest BCUT2D eigenvalue weighted by molar-refractivity contribution is 7.74. The predicted molar refractivity (Wildman–Crippen MR) is 109 cm³/mol. The zero-order valence-corrected chi connectivity index (χ0v) is 16.4. The summed E-state index contributed by atoms with van der Waals surface area (Å²) in [6.07, 6.45) is 9.08. The van der Waals surface area contributed by atoms with Crippen LogP contribution in [0.25, 0.3) is 0 Å². The Morgan fingerprint density at radius 2 is 1.08 bits per heavy atom. The molecule has 0 unspecified atom stereocenters. The van der Waals surface area contributed by atoms with Gasteiger partial charge in [-0.1, -0.05) is 48.5 Å². The molecule has 4 aliphatic carbocycles. The topological polar surface area (TPSA) is 0 Å². The van der Waals surface area contributed by atoms with Gasteiger partial charge in [-0.3, -0.25) is 0 Å². The van der Waals surface area contributed by atoms with Gasteiger partial charge >= 0.3 is 0 Å². The van der Waals surface area contributed by atoms with Crippen LogP contribution in [-0.4, -0.2) is 5.16 Å². The summed E-state index contributed by atoms with van der Waals surface area (Å²) in [6.45, 7) is 4.67. The van der Waals surface area contributed by atoms with E-state index in [0.717, 1.165) is 17.8 Å². The smallest absolute Gasteiger partial charge is 0.000623 e. The highest BCUT2D eigenvalue weighted by Gasteiger charge is 2.55. The Hall–Kier alpha value is -1.13. The fourth-order valence-electron chi connectivity index (χ4n) is 6.61. The van der Waals surface area contributed by atoms with Gasteiger partial charge in [-0.25, -0.2) is 0 Å². The summed E-state index contributed by atoms with van der Waals surface area (Å²) in [7, 11) is -0.267. The molecule has 0 nitrogen and oxygen atoms in total. The van der Waals surface area contributed by atoms with Crippen molar-refractivity contribution in [3.63, 3.8) is 0 Å². The normalized spacial score (nSPS) is 33.2. The first-order valence-corrected chi connectivity index (χ1v) is 11.4. The predicted octanol–water partition coefficient (Wildman–Crippen LogP) is 5.70. The van der Waals surface area contributed by atoms with Gasteiger partial charge in [0, 0.05) is 0 Å². The van der Waals surface area contributed by atoms with Crippen molar-refractivity contribution in [1.82, 2.24) is 0 Å². The molecule has 4 fully saturated rings. The second-order valence-corrected chi connectivity index (χ2v) is 11.6. The Morgan fingerprint density at radius 3 is 1.48 bits per heavy atom. The van der Waals surface area contributed by atoms with Crippen molar-refractivity contribution >= 4 is 18.5 Å². The molecule has 0 aromatic heterocycles. The Labute approximate surface area is 153 Å². The molecule has 0 atom stereocenters. The molecule has 4 saturated carbocycles. The van der Waals surface area contributed by atoms with E-state index >= 15 is 0 Å². The first-order chi connectivity index (χ1) is 12.1. The maximum atomic E-state index is 2.45. The molecule has 0 amide bonds. The largest absolute Gasteiger partial charge is 0.0620 e. The molecule has 0 spiro atoms. The van der Waals surface area contributed by atoms with Gasteiger partial charge in [0.25, 0.3) is 0 Å². The maximum Gasteiger partial charge on any atom is -0.000623 e. The quantitative estimate of drug-likeness (QED) is 0.624. The molecule has 0 radical (unpaired) electrons. The first-order valence-electron chi connectivity index (χ1n) is 10.1. The maximum absolute atomic E-state index is 2.45. The Bertz CT molecular complexity index is 709. The summed E-state index contributed by atoms with van der Waals surface area (Å²) >= 11 is 0. The number of rotatable bonds is 3. The minimum absolute atomic E-state index is 0.267. The van der Waals surface area contributed by atoms with Crippen LogP contribution in [-0.2, 0) is 0 Å². The van der Waals surface area contributed by atoms with Crippen molar-refractivity contribution in [3.05, 3.63) is 59.7 Å². The van der Waals surface area contributed by atoms with E-state index in [-0.39, 0.29) is 7.92 Å². The molecule has 4 bridgehead atoms. The third kappa shape index (κ3) is 2.60. The van der Waals surface area contributed by atoms with E-state index in [1.54, 1.807) is 10.6 Å².